The van der Waals surface area contributed by atoms with E-state index in [-0.39, 0.29) is 18.0 Å². The smallest absolute Gasteiger partial charge is 0.235 e. The van der Waals surface area contributed by atoms with Crippen molar-refractivity contribution in [3.63, 3.8) is 0 Å². The Kier molecular flexibility index (Phi) is 4.67. The first-order chi connectivity index (χ1) is 9.45. The van der Waals surface area contributed by atoms with Crippen molar-refractivity contribution in [2.24, 2.45) is 5.73 Å². The average Bonchev–Trinajstić information content (AvgIpc) is 2.75. The van der Waals surface area contributed by atoms with E-state index >= 15 is 0 Å². The molecular formula is C14H20N4OS. The Morgan fingerprint density at radius 2 is 2.25 bits per heavy atom. The highest BCUT2D eigenvalue weighted by Gasteiger charge is 2.17. The van der Waals surface area contributed by atoms with Crippen LogP contribution in [0.25, 0.3) is 11.0 Å². The molecule has 0 aliphatic carbocycles. The number of nitrogens with one attached hydrogen (secondary N) is 2. The fraction of sp³-hybridized carbons (Fsp3) is 0.429. The molecule has 1 amide bonds. The van der Waals surface area contributed by atoms with Gasteiger partial charge in [0.2, 0.25) is 5.91 Å². The van der Waals surface area contributed by atoms with Gasteiger partial charge < -0.3 is 16.0 Å². The van der Waals surface area contributed by atoms with E-state index in [1.54, 1.807) is 0 Å². The molecule has 1 heterocycles. The molecule has 0 bridgehead atoms. The van der Waals surface area contributed by atoms with Crippen LogP contribution in [-0.4, -0.2) is 33.7 Å². The molecule has 1 aromatic heterocycles. The Morgan fingerprint density at radius 1 is 1.50 bits per heavy atom. The van der Waals surface area contributed by atoms with E-state index in [4.69, 9.17) is 5.73 Å². The summed E-state index contributed by atoms with van der Waals surface area (Å²) < 4.78 is 0. The van der Waals surface area contributed by atoms with E-state index in [0.29, 0.717) is 5.75 Å². The molecule has 1 atom stereocenters. The fourth-order valence-corrected chi connectivity index (χ4v) is 2.88. The van der Waals surface area contributed by atoms with E-state index in [1.165, 1.54) is 17.3 Å². The van der Waals surface area contributed by atoms with Crippen molar-refractivity contribution in [3.8, 4) is 0 Å². The Morgan fingerprint density at radius 3 is 2.90 bits per heavy atom. The Labute approximate surface area is 122 Å². The number of aromatic nitrogens is 2. The molecule has 108 valence electrons. The SMILES string of the molecule is Cc1ccc2nc(SCC(NC(C)C)C(N)=O)[nH]c2c1. The minimum absolute atomic E-state index is 0.214. The van der Waals surface area contributed by atoms with Gasteiger partial charge >= 0.3 is 0 Å². The number of imidazole rings is 1. The number of nitrogens with two attached hydrogens (primary N) is 1. The van der Waals surface area contributed by atoms with Gasteiger partial charge in [-0.1, -0.05) is 31.7 Å². The summed E-state index contributed by atoms with van der Waals surface area (Å²) in [6, 6.07) is 5.94. The first-order valence-electron chi connectivity index (χ1n) is 6.60. The number of hydrogen-bond acceptors (Lipinski definition) is 4. The molecule has 2 rings (SSSR count). The molecule has 0 aliphatic heterocycles. The third kappa shape index (κ3) is 3.74. The lowest BCUT2D eigenvalue weighted by Gasteiger charge is -2.16. The molecule has 0 saturated carbocycles. The van der Waals surface area contributed by atoms with Crippen molar-refractivity contribution in [2.45, 2.75) is 38.0 Å². The van der Waals surface area contributed by atoms with Crippen LogP contribution in [0.4, 0.5) is 0 Å². The molecule has 4 N–H and O–H groups in total. The van der Waals surface area contributed by atoms with Gasteiger partial charge in [-0.15, -0.1) is 0 Å². The first-order valence-corrected chi connectivity index (χ1v) is 7.59. The van der Waals surface area contributed by atoms with Crippen molar-refractivity contribution < 1.29 is 4.79 Å². The Bertz CT molecular complexity index is 608. The lowest BCUT2D eigenvalue weighted by molar-refractivity contribution is -0.119. The number of carbonyl (C=O) groups excluding carboxylic acids is 1. The number of H-pyrrole nitrogens is 1. The van der Waals surface area contributed by atoms with Gasteiger partial charge in [0.15, 0.2) is 5.16 Å². The average molecular weight is 292 g/mol. The number of aryl methyl sites for hydroxylation is 1. The van der Waals surface area contributed by atoms with Gasteiger partial charge in [0.25, 0.3) is 0 Å². The van der Waals surface area contributed by atoms with Crippen molar-refractivity contribution in [1.29, 1.82) is 0 Å². The molecule has 0 fully saturated rings. The van der Waals surface area contributed by atoms with E-state index in [1.807, 2.05) is 32.9 Å². The fourth-order valence-electron chi connectivity index (χ4n) is 1.95. The maximum absolute atomic E-state index is 11.4. The van der Waals surface area contributed by atoms with Crippen molar-refractivity contribution >= 4 is 28.7 Å². The molecule has 0 radical (unpaired) electrons. The molecule has 0 saturated heterocycles. The maximum atomic E-state index is 11.4. The zero-order valence-corrected chi connectivity index (χ0v) is 12.8. The maximum Gasteiger partial charge on any atom is 0.235 e. The zero-order valence-electron chi connectivity index (χ0n) is 11.9. The van der Waals surface area contributed by atoms with Gasteiger partial charge in [-0.25, -0.2) is 4.98 Å². The van der Waals surface area contributed by atoms with Crippen LogP contribution in [0.3, 0.4) is 0 Å². The second-order valence-electron chi connectivity index (χ2n) is 5.15. The predicted molar refractivity (Wildman–Crippen MR) is 82.8 cm³/mol. The van der Waals surface area contributed by atoms with Crippen LogP contribution < -0.4 is 11.1 Å². The number of amides is 1. The van der Waals surface area contributed by atoms with Crippen LogP contribution >= 0.6 is 11.8 Å². The molecule has 1 aromatic carbocycles. The van der Waals surface area contributed by atoms with Crippen LogP contribution in [0.1, 0.15) is 19.4 Å². The molecule has 20 heavy (non-hydrogen) atoms. The number of aromatic amines is 1. The summed E-state index contributed by atoms with van der Waals surface area (Å²) in [5.41, 5.74) is 8.54. The monoisotopic (exact) mass is 292 g/mol. The molecule has 1 unspecified atom stereocenters. The van der Waals surface area contributed by atoms with E-state index in [9.17, 15) is 4.79 Å². The Balaban J connectivity index is 2.05. The summed E-state index contributed by atoms with van der Waals surface area (Å²) in [5, 5.41) is 3.96. The lowest BCUT2D eigenvalue weighted by atomic mass is 10.2. The number of fused-ring (bicyclic) bond motifs is 1. The van der Waals surface area contributed by atoms with Gasteiger partial charge in [-0.2, -0.15) is 0 Å². The third-order valence-electron chi connectivity index (χ3n) is 2.88. The molecule has 2 aromatic rings. The molecule has 6 heteroatoms. The number of carbonyl (C=O) groups is 1. The molecule has 0 spiro atoms. The van der Waals surface area contributed by atoms with Crippen molar-refractivity contribution in [1.82, 2.24) is 15.3 Å². The topological polar surface area (TPSA) is 83.8 Å². The number of primary amides is 1. The molecule has 5 nitrogen and oxygen atoms in total. The molecular weight excluding hydrogens is 272 g/mol. The highest BCUT2D eigenvalue weighted by Crippen LogP contribution is 2.20. The standard InChI is InChI=1S/C14H20N4OS/c1-8(2)16-12(13(15)19)7-20-14-17-10-5-4-9(3)6-11(10)18-14/h4-6,8,12,16H,7H2,1-3H3,(H2,15,19)(H,17,18). The molecule has 0 aliphatic rings. The van der Waals surface area contributed by atoms with Crippen molar-refractivity contribution in [3.05, 3.63) is 23.8 Å². The summed E-state index contributed by atoms with van der Waals surface area (Å²) >= 11 is 1.50. The number of thioether (sulfide) groups is 1. The van der Waals surface area contributed by atoms with Crippen LogP contribution in [-0.2, 0) is 4.79 Å². The largest absolute Gasteiger partial charge is 0.368 e. The minimum atomic E-state index is -0.352. The number of hydrogen-bond donors (Lipinski definition) is 3. The predicted octanol–water partition coefficient (Wildman–Crippen LogP) is 1.82. The van der Waals surface area contributed by atoms with Crippen LogP contribution in [0.15, 0.2) is 23.4 Å². The van der Waals surface area contributed by atoms with Crippen LogP contribution in [0.2, 0.25) is 0 Å². The van der Waals surface area contributed by atoms with Gasteiger partial charge in [-0.05, 0) is 24.6 Å². The highest BCUT2D eigenvalue weighted by atomic mass is 32.2. The minimum Gasteiger partial charge on any atom is -0.368 e. The third-order valence-corrected chi connectivity index (χ3v) is 3.85. The summed E-state index contributed by atoms with van der Waals surface area (Å²) in [7, 11) is 0. The second-order valence-corrected chi connectivity index (χ2v) is 6.16. The van der Waals surface area contributed by atoms with E-state index in [0.717, 1.165) is 16.2 Å². The highest BCUT2D eigenvalue weighted by molar-refractivity contribution is 7.99. The number of rotatable bonds is 6. The Hall–Kier alpha value is -1.53. The normalized spacial score (nSPS) is 13.0. The second kappa shape index (κ2) is 6.28. The van der Waals surface area contributed by atoms with Gasteiger partial charge in [0.1, 0.15) is 0 Å². The number of benzene rings is 1. The van der Waals surface area contributed by atoms with Gasteiger partial charge in [0.05, 0.1) is 17.1 Å². The zero-order chi connectivity index (χ0) is 14.7. The summed E-state index contributed by atoms with van der Waals surface area (Å²) in [6.07, 6.45) is 0. The number of nitrogens with zero attached hydrogens (tertiary/aromatic N) is 1. The van der Waals surface area contributed by atoms with Crippen LogP contribution in [0.5, 0.6) is 0 Å². The lowest BCUT2D eigenvalue weighted by Crippen LogP contribution is -2.46. The van der Waals surface area contributed by atoms with Gasteiger partial charge in [-0.3, -0.25) is 4.79 Å². The first kappa shape index (κ1) is 14.9. The van der Waals surface area contributed by atoms with Crippen molar-refractivity contribution in [2.75, 3.05) is 5.75 Å². The summed E-state index contributed by atoms with van der Waals surface area (Å²) in [5.74, 6) is 0.227. The summed E-state index contributed by atoms with van der Waals surface area (Å²) in [6.45, 7) is 6.03. The van der Waals surface area contributed by atoms with Gasteiger partial charge in [0, 0.05) is 11.8 Å². The quantitative estimate of drug-likeness (QED) is 0.709. The van der Waals surface area contributed by atoms with E-state index < -0.39 is 0 Å². The van der Waals surface area contributed by atoms with Crippen LogP contribution in [0, 0.1) is 6.92 Å². The summed E-state index contributed by atoms with van der Waals surface area (Å²) in [4.78, 5) is 19.1. The van der Waals surface area contributed by atoms with E-state index in [2.05, 4.69) is 21.4 Å².